The molecule has 0 amide bonds. The van der Waals surface area contributed by atoms with E-state index in [2.05, 4.69) is 0 Å². The summed E-state index contributed by atoms with van der Waals surface area (Å²) in [6.07, 6.45) is 0. The van der Waals surface area contributed by atoms with E-state index in [1.54, 1.807) is 0 Å². The van der Waals surface area contributed by atoms with E-state index in [4.69, 9.17) is 29.1 Å². The topological polar surface area (TPSA) is 13.1 Å². The van der Waals surface area contributed by atoms with Gasteiger partial charge in [0, 0.05) is 10.8 Å². The van der Waals surface area contributed by atoms with Crippen LogP contribution < -0.4 is 0 Å². The summed E-state index contributed by atoms with van der Waals surface area (Å²) in [6, 6.07) is -27.0. The van der Waals surface area contributed by atoms with E-state index < -0.39 is 257 Å². The highest BCUT2D eigenvalue weighted by atomic mass is 16.3. The summed E-state index contributed by atoms with van der Waals surface area (Å²) in [4.78, 5) is 0. The quantitative estimate of drug-likeness (QED) is 0.183. The second kappa shape index (κ2) is 10.4. The maximum Gasteiger partial charge on any atom is 0.135 e. The van der Waals surface area contributed by atoms with Gasteiger partial charge in [0.1, 0.15) is 11.2 Å². The van der Waals surface area contributed by atoms with Crippen LogP contribution in [0, 0.1) is 0 Å². The number of furan rings is 1. The molecule has 0 bridgehead atoms. The fourth-order valence-electron chi connectivity index (χ4n) is 5.08. The lowest BCUT2D eigenvalue weighted by atomic mass is 9.84. The number of hydrogen-bond acceptors (Lipinski definition) is 1. The molecular weight excluding hydrogens is 544 g/mol. The van der Waals surface area contributed by atoms with Crippen molar-refractivity contribution in [2.45, 2.75) is 0 Å². The standard InChI is InChI=1S/C44H28O/c1-3-11-29(12-4-1)33-23-25-38-40(28-33)44(37-17-8-7-16-36(37)43(38)31-13-5-2-6-14-31)32-21-19-30(20-22-32)34-24-26-42-39(27-34)35-15-9-10-18-41(35)45-42/h1-28H/i1D,2D,3D,4D,5D,6D,7D,8D,9D,10D,11D,12D,13D,14D,15D,16D,17D,18D,19D,20D,21D,22D,23D,24D,25D,26D,27D,28D. The van der Waals surface area contributed by atoms with Gasteiger partial charge in [-0.1, -0.05) is 145 Å². The Morgan fingerprint density at radius 1 is 0.289 bits per heavy atom. The highest BCUT2D eigenvalue weighted by molar-refractivity contribution is 6.22. The van der Waals surface area contributed by atoms with Crippen LogP contribution in [0.2, 0.25) is 0 Å². The van der Waals surface area contributed by atoms with Gasteiger partial charge in [0.15, 0.2) is 0 Å². The summed E-state index contributed by atoms with van der Waals surface area (Å²) in [6.45, 7) is 0. The molecule has 1 nitrogen and oxygen atoms in total. The van der Waals surface area contributed by atoms with E-state index >= 15 is 0 Å². The number of hydrogen-bond donors (Lipinski definition) is 0. The van der Waals surface area contributed by atoms with E-state index in [0.717, 1.165) is 0 Å². The summed E-state index contributed by atoms with van der Waals surface area (Å²) in [5.41, 5.74) is -7.71. The monoisotopic (exact) mass is 600 g/mol. The molecule has 0 atom stereocenters. The highest BCUT2D eigenvalue weighted by Crippen LogP contribution is 2.45. The van der Waals surface area contributed by atoms with Crippen molar-refractivity contribution in [3.8, 4) is 44.5 Å². The molecule has 1 aromatic heterocycles. The second-order valence-electron chi connectivity index (χ2n) is 9.51. The molecular formula is C44H28O. The first-order valence-corrected chi connectivity index (χ1v) is 13.2. The molecule has 1 heterocycles. The molecule has 0 radical (unpaired) electrons. The van der Waals surface area contributed by atoms with Crippen LogP contribution in [-0.2, 0) is 0 Å². The Kier molecular flexibility index (Phi) is 2.32. The molecule has 0 aliphatic rings. The van der Waals surface area contributed by atoms with Gasteiger partial charge in [0.05, 0.1) is 38.4 Å². The minimum Gasteiger partial charge on any atom is -0.456 e. The molecule has 8 aromatic carbocycles. The molecule has 0 aliphatic heterocycles. The molecule has 0 unspecified atom stereocenters. The molecule has 0 saturated heterocycles. The molecule has 210 valence electrons. The fourth-order valence-corrected chi connectivity index (χ4v) is 5.08. The first-order valence-electron chi connectivity index (χ1n) is 27.2. The van der Waals surface area contributed by atoms with Crippen LogP contribution in [0.4, 0.5) is 0 Å². The SMILES string of the molecule is [2H]c1c([2H])c([2H])c(-c2c([2H])c([2H])c3c(-c4c([2H])c([2H])c([2H])c([2H])c4[2H])c4c([2H])c([2H])c([2H])c([2H])c4c(-c4c([2H])c([2H])c(-c5c([2H])c([2H])c6oc7c([2H])c([2H])c([2H])c([2H])c7c6c5[2H])c([2H])c4[2H])c3c2[2H])c([2H])c1[2H]. The zero-order valence-electron chi connectivity index (χ0n) is 50.4. The summed E-state index contributed by atoms with van der Waals surface area (Å²) in [7, 11) is 0. The number of fused-ring (bicyclic) bond motifs is 5. The predicted molar refractivity (Wildman–Crippen MR) is 190 cm³/mol. The van der Waals surface area contributed by atoms with Gasteiger partial charge in [-0.05, 0) is 90.2 Å². The van der Waals surface area contributed by atoms with E-state index in [1.807, 2.05) is 0 Å². The normalized spacial score (nSPS) is 20.3. The van der Waals surface area contributed by atoms with Crippen molar-refractivity contribution < 1.29 is 42.8 Å². The third-order valence-corrected chi connectivity index (χ3v) is 7.01. The van der Waals surface area contributed by atoms with Crippen molar-refractivity contribution in [3.05, 3.63) is 169 Å². The van der Waals surface area contributed by atoms with E-state index in [-0.39, 0.29) is 0 Å². The third kappa shape index (κ3) is 4.24. The van der Waals surface area contributed by atoms with Crippen molar-refractivity contribution in [2.75, 3.05) is 0 Å². The fraction of sp³-hybridized carbons (Fsp3) is 0. The number of para-hydroxylation sites is 1. The van der Waals surface area contributed by atoms with Crippen molar-refractivity contribution in [1.29, 1.82) is 0 Å². The molecule has 0 aliphatic carbocycles. The minimum atomic E-state index is -1.14. The van der Waals surface area contributed by atoms with E-state index in [9.17, 15) is 13.7 Å². The van der Waals surface area contributed by atoms with Crippen molar-refractivity contribution >= 4 is 43.5 Å². The lowest BCUT2D eigenvalue weighted by Crippen LogP contribution is -1.92. The summed E-state index contributed by atoms with van der Waals surface area (Å²) < 4.78 is 256. The minimum absolute atomic E-state index is 0.406. The van der Waals surface area contributed by atoms with Gasteiger partial charge in [0.25, 0.3) is 0 Å². The Balaban J connectivity index is 1.58. The van der Waals surface area contributed by atoms with Gasteiger partial charge < -0.3 is 4.42 Å². The smallest absolute Gasteiger partial charge is 0.135 e. The van der Waals surface area contributed by atoms with Crippen molar-refractivity contribution in [3.63, 3.8) is 0 Å². The van der Waals surface area contributed by atoms with Gasteiger partial charge in [-0.3, -0.25) is 0 Å². The maximum atomic E-state index is 9.89. The average molecular weight is 601 g/mol. The lowest BCUT2D eigenvalue weighted by molar-refractivity contribution is 0.669. The predicted octanol–water partition coefficient (Wildman–Crippen LogP) is 12.6. The van der Waals surface area contributed by atoms with E-state index in [0.29, 0.717) is 0 Å². The molecule has 0 N–H and O–H groups in total. The first-order chi connectivity index (χ1) is 34.0. The molecule has 9 rings (SSSR count). The third-order valence-electron chi connectivity index (χ3n) is 7.01. The number of benzene rings is 8. The van der Waals surface area contributed by atoms with Crippen LogP contribution in [0.3, 0.4) is 0 Å². The van der Waals surface area contributed by atoms with Gasteiger partial charge in [0.2, 0.25) is 0 Å². The Hall–Kier alpha value is -5.92. The number of rotatable bonds is 4. The van der Waals surface area contributed by atoms with Crippen LogP contribution in [-0.4, -0.2) is 0 Å². The van der Waals surface area contributed by atoms with Crippen LogP contribution in [0.5, 0.6) is 0 Å². The van der Waals surface area contributed by atoms with Crippen LogP contribution in [0.1, 0.15) is 38.4 Å². The summed E-state index contributed by atoms with van der Waals surface area (Å²) >= 11 is 0. The van der Waals surface area contributed by atoms with Gasteiger partial charge in [-0.15, -0.1) is 0 Å². The molecule has 45 heavy (non-hydrogen) atoms. The Morgan fingerprint density at radius 2 is 0.711 bits per heavy atom. The highest BCUT2D eigenvalue weighted by Gasteiger charge is 2.18. The summed E-state index contributed by atoms with van der Waals surface area (Å²) in [5.74, 6) is 0. The van der Waals surface area contributed by atoms with Crippen molar-refractivity contribution in [2.24, 2.45) is 0 Å². The van der Waals surface area contributed by atoms with Crippen LogP contribution in [0.15, 0.2) is 174 Å². The Labute approximate surface area is 301 Å². The zero-order valence-corrected chi connectivity index (χ0v) is 22.4. The first kappa shape index (κ1) is 10.1. The zero-order chi connectivity index (χ0) is 54.1. The molecule has 0 fully saturated rings. The Morgan fingerprint density at radius 3 is 1.42 bits per heavy atom. The Bertz CT molecular complexity index is 4030. The van der Waals surface area contributed by atoms with Crippen LogP contribution >= 0.6 is 0 Å². The second-order valence-corrected chi connectivity index (χ2v) is 9.51. The molecule has 1 heteroatoms. The van der Waals surface area contributed by atoms with Crippen LogP contribution in [0.25, 0.3) is 88.0 Å². The van der Waals surface area contributed by atoms with Crippen molar-refractivity contribution in [1.82, 2.24) is 0 Å². The van der Waals surface area contributed by atoms with Gasteiger partial charge in [-0.25, -0.2) is 0 Å². The largest absolute Gasteiger partial charge is 0.456 e. The van der Waals surface area contributed by atoms with E-state index in [1.165, 1.54) is 0 Å². The molecule has 9 aromatic rings. The molecule has 0 spiro atoms. The van der Waals surface area contributed by atoms with Gasteiger partial charge >= 0.3 is 0 Å². The average Bonchev–Trinajstić information content (AvgIpc) is 3.77. The lowest BCUT2D eigenvalue weighted by Gasteiger charge is -2.19. The van der Waals surface area contributed by atoms with Gasteiger partial charge in [-0.2, -0.15) is 0 Å². The maximum absolute atomic E-state index is 9.89. The molecule has 0 saturated carbocycles. The summed E-state index contributed by atoms with van der Waals surface area (Å²) in [5, 5.41) is -4.08.